The molecule has 1 fully saturated rings. The van der Waals surface area contributed by atoms with Crippen molar-refractivity contribution in [3.63, 3.8) is 0 Å². The Balaban J connectivity index is 1.46. The van der Waals surface area contributed by atoms with Gasteiger partial charge >= 0.3 is 0 Å². The van der Waals surface area contributed by atoms with Crippen molar-refractivity contribution < 1.29 is 14.1 Å². The van der Waals surface area contributed by atoms with E-state index in [4.69, 9.17) is 9.26 Å². The number of benzene rings is 2. The van der Waals surface area contributed by atoms with Crippen LogP contribution in [0.3, 0.4) is 0 Å². The van der Waals surface area contributed by atoms with Crippen LogP contribution < -0.4 is 5.32 Å². The molecule has 32 heavy (non-hydrogen) atoms. The first kappa shape index (κ1) is 22.7. The van der Waals surface area contributed by atoms with Gasteiger partial charge in [0.05, 0.1) is 19.3 Å². The molecule has 2 heterocycles. The normalized spacial score (nSPS) is 15.6. The Morgan fingerprint density at radius 2 is 1.72 bits per heavy atom. The number of halogens is 1. The molecule has 1 atom stereocenters. The molecule has 0 radical (unpaired) electrons. The van der Waals surface area contributed by atoms with Crippen LogP contribution in [-0.2, 0) is 4.74 Å². The second-order valence-corrected chi connectivity index (χ2v) is 9.19. The quantitative estimate of drug-likeness (QED) is 0.495. The van der Waals surface area contributed by atoms with Gasteiger partial charge in [-0.15, -0.1) is 0 Å². The van der Waals surface area contributed by atoms with E-state index in [1.807, 2.05) is 24.3 Å². The van der Waals surface area contributed by atoms with Crippen molar-refractivity contribution in [1.29, 1.82) is 0 Å². The Morgan fingerprint density at radius 3 is 2.38 bits per heavy atom. The van der Waals surface area contributed by atoms with Gasteiger partial charge in [0, 0.05) is 35.7 Å². The molecule has 4 rings (SSSR count). The molecule has 0 spiro atoms. The Morgan fingerprint density at radius 1 is 1.06 bits per heavy atom. The molecular weight excluding hydrogens is 470 g/mol. The van der Waals surface area contributed by atoms with Crippen LogP contribution in [0, 0.1) is 0 Å². The van der Waals surface area contributed by atoms with Crippen molar-refractivity contribution in [2.75, 3.05) is 32.8 Å². The molecule has 0 saturated carbocycles. The summed E-state index contributed by atoms with van der Waals surface area (Å²) in [4.78, 5) is 15.2. The highest BCUT2D eigenvalue weighted by molar-refractivity contribution is 9.10. The fourth-order valence-electron chi connectivity index (χ4n) is 3.86. The average molecular weight is 498 g/mol. The van der Waals surface area contributed by atoms with E-state index in [0.717, 1.165) is 23.1 Å². The third-order valence-corrected chi connectivity index (χ3v) is 6.33. The molecule has 0 bridgehead atoms. The number of carbonyl (C=O) groups excluding carboxylic acids is 1. The number of morpholine rings is 1. The van der Waals surface area contributed by atoms with Crippen molar-refractivity contribution in [3.8, 4) is 11.3 Å². The summed E-state index contributed by atoms with van der Waals surface area (Å²) >= 11 is 3.42. The summed E-state index contributed by atoms with van der Waals surface area (Å²) in [6.07, 6.45) is 0. The molecule has 1 aromatic heterocycles. The number of nitrogens with zero attached hydrogens (tertiary/aromatic N) is 2. The largest absolute Gasteiger partial charge is 0.379 e. The van der Waals surface area contributed by atoms with Crippen molar-refractivity contribution in [1.82, 2.24) is 15.4 Å². The Hall–Kier alpha value is -2.48. The second kappa shape index (κ2) is 10.4. The molecule has 3 aromatic rings. The van der Waals surface area contributed by atoms with Gasteiger partial charge in [-0.05, 0) is 29.2 Å². The van der Waals surface area contributed by atoms with Crippen molar-refractivity contribution in [3.05, 3.63) is 75.9 Å². The number of hydrogen-bond acceptors (Lipinski definition) is 5. The van der Waals surface area contributed by atoms with Gasteiger partial charge in [0.2, 0.25) is 0 Å². The van der Waals surface area contributed by atoms with Gasteiger partial charge < -0.3 is 14.6 Å². The number of aromatic nitrogens is 1. The highest BCUT2D eigenvalue weighted by atomic mass is 79.9. The highest BCUT2D eigenvalue weighted by Gasteiger charge is 2.24. The molecule has 1 aliphatic rings. The average Bonchev–Trinajstić information content (AvgIpc) is 3.31. The van der Waals surface area contributed by atoms with Crippen molar-refractivity contribution in [2.45, 2.75) is 25.8 Å². The molecule has 2 aromatic carbocycles. The topological polar surface area (TPSA) is 67.6 Å². The third-order valence-electron chi connectivity index (χ3n) is 5.80. The predicted molar refractivity (Wildman–Crippen MR) is 128 cm³/mol. The fourth-order valence-corrected chi connectivity index (χ4v) is 4.13. The molecule has 0 unspecified atom stereocenters. The molecule has 7 heteroatoms. The summed E-state index contributed by atoms with van der Waals surface area (Å²) in [5.41, 5.74) is 3.64. The number of amides is 1. The third kappa shape index (κ3) is 5.46. The molecule has 1 N–H and O–H groups in total. The van der Waals surface area contributed by atoms with E-state index < -0.39 is 0 Å². The highest BCUT2D eigenvalue weighted by Crippen LogP contribution is 2.25. The van der Waals surface area contributed by atoms with Crippen LogP contribution in [0.4, 0.5) is 0 Å². The van der Waals surface area contributed by atoms with Gasteiger partial charge in [0.1, 0.15) is 0 Å². The summed E-state index contributed by atoms with van der Waals surface area (Å²) in [6.45, 7) is 7.95. The summed E-state index contributed by atoms with van der Waals surface area (Å²) in [6, 6.07) is 18.1. The Labute approximate surface area is 197 Å². The predicted octanol–water partition coefficient (Wildman–Crippen LogP) is 5.03. The van der Waals surface area contributed by atoms with E-state index in [1.54, 1.807) is 6.07 Å². The summed E-state index contributed by atoms with van der Waals surface area (Å²) < 4.78 is 11.9. The fraction of sp³-hybridized carbons (Fsp3) is 0.360. The van der Waals surface area contributed by atoms with Crippen LogP contribution in [0.2, 0.25) is 0 Å². The van der Waals surface area contributed by atoms with Crippen LogP contribution in [0.5, 0.6) is 0 Å². The number of hydrogen-bond donors (Lipinski definition) is 1. The minimum atomic E-state index is -0.242. The first-order valence-corrected chi connectivity index (χ1v) is 11.7. The first-order chi connectivity index (χ1) is 15.5. The summed E-state index contributed by atoms with van der Waals surface area (Å²) in [5.74, 6) is 0.809. The van der Waals surface area contributed by atoms with Crippen molar-refractivity contribution in [2.24, 2.45) is 0 Å². The number of rotatable bonds is 7. The van der Waals surface area contributed by atoms with Gasteiger partial charge in [0.15, 0.2) is 11.5 Å². The molecule has 168 valence electrons. The van der Waals surface area contributed by atoms with E-state index >= 15 is 0 Å². The summed E-state index contributed by atoms with van der Waals surface area (Å²) in [7, 11) is 0. The van der Waals surface area contributed by atoms with Crippen LogP contribution >= 0.6 is 15.9 Å². The van der Waals surface area contributed by atoms with E-state index in [0.29, 0.717) is 31.4 Å². The van der Waals surface area contributed by atoms with Gasteiger partial charge in [-0.25, -0.2) is 0 Å². The lowest BCUT2D eigenvalue weighted by Gasteiger charge is -2.35. The van der Waals surface area contributed by atoms with E-state index in [-0.39, 0.29) is 17.6 Å². The standard InChI is InChI=1S/C25H28BrN3O3/c1-17(2)18-3-5-19(6-4-18)23(29-11-13-31-14-12-29)16-27-25(30)22-15-24(32-28-22)20-7-9-21(26)10-8-20/h3-10,15,17,23H,11-14,16H2,1-2H3,(H,27,30)/t23-/m1/s1. The maximum atomic E-state index is 12.8. The Kier molecular flexibility index (Phi) is 7.40. The smallest absolute Gasteiger partial charge is 0.273 e. The maximum Gasteiger partial charge on any atom is 0.273 e. The SMILES string of the molecule is CC(C)c1ccc([C@@H](CNC(=O)c2cc(-c3ccc(Br)cc3)on2)N2CCOCC2)cc1. The lowest BCUT2D eigenvalue weighted by atomic mass is 9.98. The first-order valence-electron chi connectivity index (χ1n) is 10.9. The van der Waals surface area contributed by atoms with E-state index in [1.165, 1.54) is 11.1 Å². The summed E-state index contributed by atoms with van der Waals surface area (Å²) in [5, 5.41) is 7.03. The van der Waals surface area contributed by atoms with Crippen LogP contribution in [0.15, 0.2) is 63.6 Å². The zero-order valence-corrected chi connectivity index (χ0v) is 20.0. The number of carbonyl (C=O) groups is 1. The zero-order chi connectivity index (χ0) is 22.5. The minimum Gasteiger partial charge on any atom is -0.379 e. The molecule has 1 amide bonds. The molecule has 1 saturated heterocycles. The maximum absolute atomic E-state index is 12.8. The van der Waals surface area contributed by atoms with Gasteiger partial charge in [0.25, 0.3) is 5.91 Å². The van der Waals surface area contributed by atoms with E-state index in [2.05, 4.69) is 69.4 Å². The van der Waals surface area contributed by atoms with Crippen LogP contribution in [-0.4, -0.2) is 48.8 Å². The van der Waals surface area contributed by atoms with Gasteiger partial charge in [-0.1, -0.05) is 71.3 Å². The van der Waals surface area contributed by atoms with Crippen LogP contribution in [0.1, 0.15) is 47.4 Å². The minimum absolute atomic E-state index is 0.0712. The number of ether oxygens (including phenoxy) is 1. The molecular formula is C25H28BrN3O3. The molecule has 1 aliphatic heterocycles. The monoisotopic (exact) mass is 497 g/mol. The molecule has 0 aliphatic carbocycles. The van der Waals surface area contributed by atoms with Crippen LogP contribution in [0.25, 0.3) is 11.3 Å². The number of nitrogens with one attached hydrogen (secondary N) is 1. The van der Waals surface area contributed by atoms with Gasteiger partial charge in [-0.3, -0.25) is 9.69 Å². The molecule has 6 nitrogen and oxygen atoms in total. The van der Waals surface area contributed by atoms with Crippen molar-refractivity contribution >= 4 is 21.8 Å². The lowest BCUT2D eigenvalue weighted by Crippen LogP contribution is -2.43. The second-order valence-electron chi connectivity index (χ2n) is 8.28. The Bertz CT molecular complexity index is 1030. The zero-order valence-electron chi connectivity index (χ0n) is 18.4. The van der Waals surface area contributed by atoms with Gasteiger partial charge in [-0.2, -0.15) is 0 Å². The van der Waals surface area contributed by atoms with E-state index in [9.17, 15) is 4.79 Å². The lowest BCUT2D eigenvalue weighted by molar-refractivity contribution is 0.0162.